The molecule has 0 atom stereocenters. The molecule has 2 N–H and O–H groups in total. The molecule has 142 valence electrons. The predicted octanol–water partition coefficient (Wildman–Crippen LogP) is 2.45. The molecule has 0 aliphatic rings. The first-order valence-electron chi connectivity index (χ1n) is 8.53. The lowest BCUT2D eigenvalue weighted by Gasteiger charge is -2.21. The first-order chi connectivity index (χ1) is 13.0. The van der Waals surface area contributed by atoms with E-state index in [1.807, 2.05) is 6.07 Å². The second-order valence-corrected chi connectivity index (χ2v) is 6.00. The summed E-state index contributed by atoms with van der Waals surface area (Å²) in [7, 11) is 0. The van der Waals surface area contributed by atoms with Gasteiger partial charge in [-0.15, -0.1) is 0 Å². The Balaban J connectivity index is 1.83. The van der Waals surface area contributed by atoms with Crippen molar-refractivity contribution in [1.29, 1.82) is 0 Å². The molecule has 0 saturated heterocycles. The van der Waals surface area contributed by atoms with Crippen LogP contribution < -0.4 is 5.32 Å². The summed E-state index contributed by atoms with van der Waals surface area (Å²) in [5.74, 6) is -2.08. The van der Waals surface area contributed by atoms with E-state index in [4.69, 9.17) is 5.11 Å². The van der Waals surface area contributed by atoms with Crippen LogP contribution in [0.2, 0.25) is 0 Å². The maximum absolute atomic E-state index is 13.0. The first-order valence-corrected chi connectivity index (χ1v) is 8.53. The maximum Gasteiger partial charge on any atom is 0.323 e. The summed E-state index contributed by atoms with van der Waals surface area (Å²) in [5.41, 5.74) is 1.18. The number of aliphatic carboxylic acids is 1. The summed E-state index contributed by atoms with van der Waals surface area (Å²) >= 11 is 0. The number of carbonyl (C=O) groups excluding carboxylic acids is 2. The van der Waals surface area contributed by atoms with Gasteiger partial charge >= 0.3 is 5.97 Å². The Labute approximate surface area is 156 Å². The van der Waals surface area contributed by atoms with Crippen molar-refractivity contribution in [2.45, 2.75) is 19.4 Å². The summed E-state index contributed by atoms with van der Waals surface area (Å²) in [4.78, 5) is 36.5. The van der Waals surface area contributed by atoms with Gasteiger partial charge < -0.3 is 15.3 Å². The number of carbonyl (C=O) groups is 3. The van der Waals surface area contributed by atoms with Crippen LogP contribution in [-0.4, -0.2) is 40.9 Å². The van der Waals surface area contributed by atoms with Gasteiger partial charge in [0.15, 0.2) is 0 Å². The highest BCUT2D eigenvalue weighted by atomic mass is 19.1. The van der Waals surface area contributed by atoms with Gasteiger partial charge in [-0.3, -0.25) is 14.4 Å². The molecule has 0 fully saturated rings. The summed E-state index contributed by atoms with van der Waals surface area (Å²) in [5, 5.41) is 11.7. The number of carboxylic acid groups (broad SMARTS) is 1. The molecule has 0 radical (unpaired) electrons. The van der Waals surface area contributed by atoms with Crippen molar-refractivity contribution < 1.29 is 23.9 Å². The molecule has 0 heterocycles. The number of rotatable bonds is 9. The van der Waals surface area contributed by atoms with E-state index in [1.165, 1.54) is 29.2 Å². The number of hydrogen-bond acceptors (Lipinski definition) is 3. The summed E-state index contributed by atoms with van der Waals surface area (Å²) < 4.78 is 13.0. The number of benzene rings is 2. The van der Waals surface area contributed by atoms with Gasteiger partial charge in [0, 0.05) is 25.1 Å². The predicted molar refractivity (Wildman–Crippen MR) is 97.5 cm³/mol. The number of halogens is 1. The molecule has 2 amide bonds. The Morgan fingerprint density at radius 3 is 2.30 bits per heavy atom. The van der Waals surface area contributed by atoms with E-state index >= 15 is 0 Å². The second kappa shape index (κ2) is 10.1. The lowest BCUT2D eigenvalue weighted by atomic mass is 10.2. The highest BCUT2D eigenvalue weighted by Gasteiger charge is 2.17. The molecule has 27 heavy (non-hydrogen) atoms. The van der Waals surface area contributed by atoms with E-state index in [-0.39, 0.29) is 24.8 Å². The Morgan fingerprint density at radius 2 is 1.67 bits per heavy atom. The highest BCUT2D eigenvalue weighted by molar-refractivity contribution is 5.94. The third-order valence-corrected chi connectivity index (χ3v) is 3.85. The van der Waals surface area contributed by atoms with Crippen molar-refractivity contribution >= 4 is 17.8 Å². The van der Waals surface area contributed by atoms with Crippen molar-refractivity contribution in [2.24, 2.45) is 0 Å². The van der Waals surface area contributed by atoms with Gasteiger partial charge in [-0.25, -0.2) is 4.39 Å². The minimum Gasteiger partial charge on any atom is -0.480 e. The number of carboxylic acids is 1. The molecular formula is C20H21FN2O4. The molecule has 0 aromatic heterocycles. The minimum absolute atomic E-state index is 0.0851. The fraction of sp³-hybridized carbons (Fsp3) is 0.250. The maximum atomic E-state index is 13.0. The van der Waals surface area contributed by atoms with E-state index in [1.54, 1.807) is 24.3 Å². The van der Waals surface area contributed by atoms with Crippen molar-refractivity contribution in [2.75, 3.05) is 13.1 Å². The van der Waals surface area contributed by atoms with Crippen molar-refractivity contribution in [1.82, 2.24) is 10.2 Å². The van der Waals surface area contributed by atoms with E-state index in [0.29, 0.717) is 24.1 Å². The lowest BCUT2D eigenvalue weighted by molar-refractivity contribution is -0.144. The molecule has 0 unspecified atom stereocenters. The van der Waals surface area contributed by atoms with Gasteiger partial charge in [0.2, 0.25) is 5.91 Å². The molecule has 0 bridgehead atoms. The van der Waals surface area contributed by atoms with Crippen LogP contribution in [0.25, 0.3) is 0 Å². The van der Waals surface area contributed by atoms with Gasteiger partial charge in [-0.05, 0) is 36.2 Å². The third-order valence-electron chi connectivity index (χ3n) is 3.85. The average Bonchev–Trinajstić information content (AvgIpc) is 2.66. The fourth-order valence-corrected chi connectivity index (χ4v) is 2.50. The van der Waals surface area contributed by atoms with E-state index in [2.05, 4.69) is 5.32 Å². The van der Waals surface area contributed by atoms with Crippen LogP contribution in [0.4, 0.5) is 4.39 Å². The molecule has 0 aliphatic heterocycles. The molecule has 0 saturated carbocycles. The number of hydrogen-bond donors (Lipinski definition) is 2. The van der Waals surface area contributed by atoms with Crippen molar-refractivity contribution in [3.63, 3.8) is 0 Å². The number of amides is 2. The highest BCUT2D eigenvalue weighted by Crippen LogP contribution is 2.09. The molecule has 0 aliphatic carbocycles. The van der Waals surface area contributed by atoms with Crippen LogP contribution in [-0.2, 0) is 16.1 Å². The largest absolute Gasteiger partial charge is 0.480 e. The molecule has 0 spiro atoms. The van der Waals surface area contributed by atoms with Gasteiger partial charge in [0.25, 0.3) is 5.91 Å². The summed E-state index contributed by atoms with van der Waals surface area (Å²) in [6.07, 6.45) is 0.487. The molecule has 6 nitrogen and oxygen atoms in total. The lowest BCUT2D eigenvalue weighted by Crippen LogP contribution is -2.35. The first kappa shape index (κ1) is 20.1. The SMILES string of the molecule is O=C(O)CN(Cc1ccc(F)cc1)C(=O)CCCNC(=O)c1ccccc1. The van der Waals surface area contributed by atoms with Crippen LogP contribution in [0.3, 0.4) is 0 Å². The Hall–Kier alpha value is -3.22. The molecule has 7 heteroatoms. The van der Waals surface area contributed by atoms with Gasteiger partial charge in [0.05, 0.1) is 0 Å². The molecular weight excluding hydrogens is 351 g/mol. The number of nitrogens with one attached hydrogen (secondary N) is 1. The fourth-order valence-electron chi connectivity index (χ4n) is 2.50. The van der Waals surface area contributed by atoms with E-state index in [0.717, 1.165) is 0 Å². The Bertz CT molecular complexity index is 778. The van der Waals surface area contributed by atoms with Crippen LogP contribution in [0.15, 0.2) is 54.6 Å². The smallest absolute Gasteiger partial charge is 0.323 e. The normalized spacial score (nSPS) is 10.3. The van der Waals surface area contributed by atoms with Gasteiger partial charge in [-0.2, -0.15) is 0 Å². The van der Waals surface area contributed by atoms with Crippen molar-refractivity contribution in [3.8, 4) is 0 Å². The van der Waals surface area contributed by atoms with Crippen LogP contribution in [0, 0.1) is 5.82 Å². The van der Waals surface area contributed by atoms with Crippen LogP contribution >= 0.6 is 0 Å². The van der Waals surface area contributed by atoms with E-state index in [9.17, 15) is 18.8 Å². The molecule has 2 rings (SSSR count). The molecule has 2 aromatic rings. The van der Waals surface area contributed by atoms with Crippen LogP contribution in [0.1, 0.15) is 28.8 Å². The van der Waals surface area contributed by atoms with Gasteiger partial charge in [0.1, 0.15) is 12.4 Å². The Morgan fingerprint density at radius 1 is 1.00 bits per heavy atom. The third kappa shape index (κ3) is 6.89. The quantitative estimate of drug-likeness (QED) is 0.662. The zero-order chi connectivity index (χ0) is 19.6. The topological polar surface area (TPSA) is 86.7 Å². The zero-order valence-electron chi connectivity index (χ0n) is 14.7. The number of nitrogens with zero attached hydrogens (tertiary/aromatic N) is 1. The standard InChI is InChI=1S/C20H21FN2O4/c21-17-10-8-15(9-11-17)13-23(14-19(25)26)18(24)7-4-12-22-20(27)16-5-2-1-3-6-16/h1-3,5-6,8-11H,4,7,12-14H2,(H,22,27)(H,25,26). The molecule has 2 aromatic carbocycles. The van der Waals surface area contributed by atoms with Crippen molar-refractivity contribution in [3.05, 3.63) is 71.5 Å². The monoisotopic (exact) mass is 372 g/mol. The minimum atomic E-state index is -1.12. The van der Waals surface area contributed by atoms with E-state index < -0.39 is 18.3 Å². The summed E-state index contributed by atoms with van der Waals surface area (Å²) in [6.45, 7) is -0.0503. The zero-order valence-corrected chi connectivity index (χ0v) is 14.7. The summed E-state index contributed by atoms with van der Waals surface area (Å²) in [6, 6.07) is 14.3. The average molecular weight is 372 g/mol. The Kier molecular flexibility index (Phi) is 7.49. The van der Waals surface area contributed by atoms with Gasteiger partial charge in [-0.1, -0.05) is 30.3 Å². The second-order valence-electron chi connectivity index (χ2n) is 6.00. The van der Waals surface area contributed by atoms with Crippen LogP contribution in [0.5, 0.6) is 0 Å².